The van der Waals surface area contributed by atoms with Crippen molar-refractivity contribution < 1.29 is 9.13 Å². The molecule has 16 heavy (non-hydrogen) atoms. The van der Waals surface area contributed by atoms with Crippen LogP contribution >= 0.6 is 11.6 Å². The Balaban J connectivity index is 2.63. The zero-order valence-corrected chi connectivity index (χ0v) is 10.4. The molecule has 4 heteroatoms. The van der Waals surface area contributed by atoms with Crippen molar-refractivity contribution in [3.63, 3.8) is 0 Å². The fourth-order valence-corrected chi connectivity index (χ4v) is 1.65. The minimum Gasteiger partial charge on any atom is -0.491 e. The molecule has 0 heterocycles. The molecule has 0 spiro atoms. The van der Waals surface area contributed by atoms with Crippen LogP contribution in [0.25, 0.3) is 0 Å². The number of benzene rings is 1. The van der Waals surface area contributed by atoms with E-state index >= 15 is 0 Å². The smallest absolute Gasteiger partial charge is 0.145 e. The van der Waals surface area contributed by atoms with Crippen molar-refractivity contribution in [3.05, 3.63) is 23.0 Å². The van der Waals surface area contributed by atoms with Gasteiger partial charge in [-0.2, -0.15) is 0 Å². The summed E-state index contributed by atoms with van der Waals surface area (Å²) in [4.78, 5) is 0. The average Bonchev–Trinajstić information content (AvgIpc) is 2.22. The number of rotatable bonds is 5. The van der Waals surface area contributed by atoms with E-state index in [1.165, 1.54) is 12.1 Å². The van der Waals surface area contributed by atoms with Crippen molar-refractivity contribution in [2.24, 2.45) is 5.92 Å². The number of halogens is 2. The number of anilines is 1. The summed E-state index contributed by atoms with van der Waals surface area (Å²) in [5.41, 5.74) is 6.04. The first kappa shape index (κ1) is 13.1. The third kappa shape index (κ3) is 3.56. The number of nitrogen functional groups attached to an aromatic ring is 1. The van der Waals surface area contributed by atoms with Crippen molar-refractivity contribution >= 4 is 17.3 Å². The summed E-state index contributed by atoms with van der Waals surface area (Å²) in [6, 6.07) is 2.60. The zero-order valence-electron chi connectivity index (χ0n) is 9.59. The van der Waals surface area contributed by atoms with Crippen LogP contribution in [0, 0.1) is 11.7 Å². The van der Waals surface area contributed by atoms with Crippen molar-refractivity contribution in [1.82, 2.24) is 0 Å². The Bertz CT molecular complexity index is 357. The lowest BCUT2D eigenvalue weighted by Gasteiger charge is -2.13. The molecule has 0 aliphatic carbocycles. The Labute approximate surface area is 101 Å². The summed E-state index contributed by atoms with van der Waals surface area (Å²) < 4.78 is 18.6. The van der Waals surface area contributed by atoms with Crippen LogP contribution in [0.1, 0.15) is 26.7 Å². The van der Waals surface area contributed by atoms with Gasteiger partial charge in [-0.05, 0) is 18.4 Å². The SMILES string of the molecule is CCCC(C)COc1cc(F)c(Cl)cc1N. The van der Waals surface area contributed by atoms with Gasteiger partial charge in [-0.1, -0.05) is 31.9 Å². The molecular weight excluding hydrogens is 229 g/mol. The third-order valence-corrected chi connectivity index (χ3v) is 2.65. The highest BCUT2D eigenvalue weighted by atomic mass is 35.5. The van der Waals surface area contributed by atoms with Crippen molar-refractivity contribution in [1.29, 1.82) is 0 Å². The summed E-state index contributed by atoms with van der Waals surface area (Å²) in [5, 5.41) is 0.0199. The van der Waals surface area contributed by atoms with Gasteiger partial charge in [0.1, 0.15) is 11.6 Å². The van der Waals surface area contributed by atoms with Gasteiger partial charge in [0.15, 0.2) is 0 Å². The van der Waals surface area contributed by atoms with Gasteiger partial charge in [-0.15, -0.1) is 0 Å². The maximum Gasteiger partial charge on any atom is 0.145 e. The minimum absolute atomic E-state index is 0.0199. The lowest BCUT2D eigenvalue weighted by Crippen LogP contribution is -2.09. The lowest BCUT2D eigenvalue weighted by molar-refractivity contribution is 0.252. The van der Waals surface area contributed by atoms with E-state index < -0.39 is 5.82 Å². The number of hydrogen-bond acceptors (Lipinski definition) is 2. The highest BCUT2D eigenvalue weighted by molar-refractivity contribution is 6.31. The van der Waals surface area contributed by atoms with Crippen LogP contribution in [-0.2, 0) is 0 Å². The Kier molecular flexibility index (Phi) is 4.87. The molecule has 1 aromatic carbocycles. The van der Waals surface area contributed by atoms with Crippen LogP contribution in [0.5, 0.6) is 5.75 Å². The quantitative estimate of drug-likeness (QED) is 0.799. The predicted octanol–water partition coefficient (Wildman–Crippen LogP) is 3.88. The second-order valence-electron chi connectivity index (χ2n) is 4.01. The molecule has 0 aromatic heterocycles. The van der Waals surface area contributed by atoms with E-state index in [4.69, 9.17) is 22.1 Å². The normalized spacial score (nSPS) is 12.5. The Morgan fingerprint density at radius 2 is 2.19 bits per heavy atom. The van der Waals surface area contributed by atoms with Crippen LogP contribution in [0.3, 0.4) is 0 Å². The van der Waals surface area contributed by atoms with Gasteiger partial charge in [0.25, 0.3) is 0 Å². The summed E-state index contributed by atoms with van der Waals surface area (Å²) in [7, 11) is 0. The van der Waals surface area contributed by atoms with Crippen LogP contribution in [-0.4, -0.2) is 6.61 Å². The molecule has 90 valence electrons. The molecule has 0 aliphatic heterocycles. The molecule has 0 amide bonds. The summed E-state index contributed by atoms with van der Waals surface area (Å²) >= 11 is 5.59. The largest absolute Gasteiger partial charge is 0.491 e. The Morgan fingerprint density at radius 3 is 2.81 bits per heavy atom. The first-order valence-electron chi connectivity index (χ1n) is 5.42. The number of nitrogens with two attached hydrogens (primary N) is 1. The van der Waals surface area contributed by atoms with Gasteiger partial charge in [-0.25, -0.2) is 4.39 Å². The first-order valence-corrected chi connectivity index (χ1v) is 5.79. The molecule has 0 saturated carbocycles. The summed E-state index contributed by atoms with van der Waals surface area (Å²) in [6.45, 7) is 4.75. The van der Waals surface area contributed by atoms with Gasteiger partial charge < -0.3 is 10.5 Å². The molecule has 1 atom stereocenters. The Morgan fingerprint density at radius 1 is 1.50 bits per heavy atom. The van der Waals surface area contributed by atoms with Crippen molar-refractivity contribution in [2.45, 2.75) is 26.7 Å². The van der Waals surface area contributed by atoms with Gasteiger partial charge in [-0.3, -0.25) is 0 Å². The Hall–Kier alpha value is -0.960. The zero-order chi connectivity index (χ0) is 12.1. The fraction of sp³-hybridized carbons (Fsp3) is 0.500. The van der Waals surface area contributed by atoms with E-state index in [2.05, 4.69) is 13.8 Å². The second kappa shape index (κ2) is 5.94. The van der Waals surface area contributed by atoms with E-state index in [9.17, 15) is 4.39 Å². The van der Waals surface area contributed by atoms with E-state index in [0.29, 0.717) is 24.0 Å². The third-order valence-electron chi connectivity index (χ3n) is 2.36. The lowest BCUT2D eigenvalue weighted by atomic mass is 10.1. The van der Waals surface area contributed by atoms with Crippen molar-refractivity contribution in [3.8, 4) is 5.75 Å². The molecule has 0 fully saturated rings. The van der Waals surface area contributed by atoms with Gasteiger partial charge >= 0.3 is 0 Å². The standard InChI is InChI=1S/C12H17ClFNO/c1-3-4-8(2)7-16-12-6-10(14)9(13)5-11(12)15/h5-6,8H,3-4,7,15H2,1-2H3. The van der Waals surface area contributed by atoms with Gasteiger partial charge in [0.2, 0.25) is 0 Å². The molecule has 1 rings (SSSR count). The van der Waals surface area contributed by atoms with Gasteiger partial charge in [0, 0.05) is 6.07 Å². The maximum atomic E-state index is 13.2. The van der Waals surface area contributed by atoms with E-state index in [1.54, 1.807) is 0 Å². The topological polar surface area (TPSA) is 35.2 Å². The predicted molar refractivity (Wildman–Crippen MR) is 65.4 cm³/mol. The molecular formula is C12H17ClFNO. The van der Waals surface area contributed by atoms with Crippen molar-refractivity contribution in [2.75, 3.05) is 12.3 Å². The summed E-state index contributed by atoms with van der Waals surface area (Å²) in [6.07, 6.45) is 2.19. The number of ether oxygens (including phenoxy) is 1. The van der Waals surface area contributed by atoms with E-state index in [-0.39, 0.29) is 5.02 Å². The van der Waals surface area contributed by atoms with Crippen LogP contribution in [0.4, 0.5) is 10.1 Å². The van der Waals surface area contributed by atoms with E-state index in [0.717, 1.165) is 12.8 Å². The number of hydrogen-bond donors (Lipinski definition) is 1. The maximum absolute atomic E-state index is 13.2. The highest BCUT2D eigenvalue weighted by Crippen LogP contribution is 2.28. The molecule has 0 radical (unpaired) electrons. The van der Waals surface area contributed by atoms with E-state index in [1.807, 2.05) is 0 Å². The second-order valence-corrected chi connectivity index (χ2v) is 4.42. The molecule has 0 bridgehead atoms. The van der Waals surface area contributed by atoms with Crippen LogP contribution < -0.4 is 10.5 Å². The average molecular weight is 246 g/mol. The minimum atomic E-state index is -0.506. The molecule has 1 aromatic rings. The van der Waals surface area contributed by atoms with Crippen LogP contribution in [0.2, 0.25) is 5.02 Å². The fourth-order valence-electron chi connectivity index (χ4n) is 1.48. The molecule has 0 aliphatic rings. The summed E-state index contributed by atoms with van der Waals surface area (Å²) in [5.74, 6) is 0.294. The first-order chi connectivity index (χ1) is 7.54. The highest BCUT2D eigenvalue weighted by Gasteiger charge is 2.09. The monoisotopic (exact) mass is 245 g/mol. The molecule has 2 N–H and O–H groups in total. The molecule has 0 saturated heterocycles. The molecule has 1 unspecified atom stereocenters. The van der Waals surface area contributed by atoms with Gasteiger partial charge in [0.05, 0.1) is 17.3 Å². The molecule has 2 nitrogen and oxygen atoms in total. The van der Waals surface area contributed by atoms with Crippen LogP contribution in [0.15, 0.2) is 12.1 Å².